The molecule has 232 valence electrons. The third kappa shape index (κ3) is 7.39. The summed E-state index contributed by atoms with van der Waals surface area (Å²) in [6.07, 6.45) is 1.26. The van der Waals surface area contributed by atoms with Crippen LogP contribution in [0.3, 0.4) is 0 Å². The van der Waals surface area contributed by atoms with Gasteiger partial charge in [0.25, 0.3) is 5.91 Å². The summed E-state index contributed by atoms with van der Waals surface area (Å²) >= 11 is 7.93. The average Bonchev–Trinajstić information content (AvgIpc) is 3.52. The van der Waals surface area contributed by atoms with E-state index in [9.17, 15) is 9.59 Å². The Morgan fingerprint density at radius 1 is 0.955 bits per heavy atom. The number of halogens is 1. The predicted octanol–water partition coefficient (Wildman–Crippen LogP) is 4.89. The molecule has 10 nitrogen and oxygen atoms in total. The number of amides is 1. The molecule has 0 saturated carbocycles. The van der Waals surface area contributed by atoms with E-state index in [4.69, 9.17) is 30.8 Å². The summed E-state index contributed by atoms with van der Waals surface area (Å²) in [7, 11) is 0. The van der Waals surface area contributed by atoms with Gasteiger partial charge >= 0.3 is 5.97 Å². The highest BCUT2D eigenvalue weighted by molar-refractivity contribution is 7.98. The van der Waals surface area contributed by atoms with Crippen molar-refractivity contribution in [2.24, 2.45) is 5.92 Å². The minimum atomic E-state index is -0.162. The van der Waals surface area contributed by atoms with E-state index in [-0.39, 0.29) is 24.6 Å². The number of benzene rings is 2. The van der Waals surface area contributed by atoms with Gasteiger partial charge in [-0.1, -0.05) is 41.6 Å². The molecule has 4 heterocycles. The third-order valence-electron chi connectivity index (χ3n) is 8.14. The maximum atomic E-state index is 13.2. The summed E-state index contributed by atoms with van der Waals surface area (Å²) in [4.78, 5) is 41.0. The molecule has 2 aromatic carbocycles. The van der Waals surface area contributed by atoms with E-state index in [1.54, 1.807) is 0 Å². The molecule has 12 heteroatoms. The van der Waals surface area contributed by atoms with Crippen molar-refractivity contribution in [1.29, 1.82) is 0 Å². The van der Waals surface area contributed by atoms with Gasteiger partial charge in [0.15, 0.2) is 16.7 Å². The van der Waals surface area contributed by atoms with Crippen LogP contribution in [-0.4, -0.2) is 84.3 Å². The topological polar surface area (TPSA) is 97.3 Å². The Morgan fingerprint density at radius 3 is 2.55 bits per heavy atom. The maximum Gasteiger partial charge on any atom is 0.309 e. The van der Waals surface area contributed by atoms with Crippen molar-refractivity contribution in [2.45, 2.75) is 37.2 Å². The number of carbonyl (C=O) groups is 2. The number of likely N-dealkylation sites (tertiary alicyclic amines) is 1. The molecule has 3 aromatic rings. The van der Waals surface area contributed by atoms with Gasteiger partial charge in [0.1, 0.15) is 11.0 Å². The lowest BCUT2D eigenvalue weighted by Crippen LogP contribution is -2.46. The van der Waals surface area contributed by atoms with Gasteiger partial charge in [0.2, 0.25) is 6.79 Å². The van der Waals surface area contributed by atoms with Gasteiger partial charge in [-0.05, 0) is 55.2 Å². The van der Waals surface area contributed by atoms with E-state index in [0.29, 0.717) is 54.2 Å². The number of rotatable bonds is 9. The third-order valence-corrected chi connectivity index (χ3v) is 9.26. The normalized spacial score (nSPS) is 17.1. The second kappa shape index (κ2) is 14.0. The summed E-state index contributed by atoms with van der Waals surface area (Å²) in [5, 5.41) is 1.02. The van der Waals surface area contributed by atoms with Crippen molar-refractivity contribution in [3.05, 3.63) is 70.4 Å². The quantitative estimate of drug-likeness (QED) is 0.140. The van der Waals surface area contributed by atoms with Gasteiger partial charge in [-0.2, -0.15) is 0 Å². The molecule has 0 radical (unpaired) electrons. The highest BCUT2D eigenvalue weighted by Crippen LogP contribution is 2.33. The fourth-order valence-electron chi connectivity index (χ4n) is 5.75. The van der Waals surface area contributed by atoms with Crippen LogP contribution in [0.25, 0.3) is 0 Å². The molecule has 3 aliphatic rings. The first-order valence-corrected chi connectivity index (χ1v) is 16.4. The standard InChI is InChI=1S/C32H36ClN5O5S/c1-2-41-31(40)24-8-10-38(11-9-24)30(39)25-5-3-4-23(16-25)20-44-32-34-28(33)18-29(35-32)37-14-12-36(13-15-37)19-22-6-7-26-27(17-22)43-21-42-26/h3-7,16-18,24H,2,8-15,19-21H2,1H3. The number of fused-ring (bicyclic) bond motifs is 1. The number of carbonyl (C=O) groups excluding carboxylic acids is 2. The summed E-state index contributed by atoms with van der Waals surface area (Å²) in [5.41, 5.74) is 2.85. The molecule has 6 rings (SSSR count). The van der Waals surface area contributed by atoms with Gasteiger partial charge < -0.3 is 24.0 Å². The molecule has 0 aliphatic carbocycles. The summed E-state index contributed by atoms with van der Waals surface area (Å²) in [6.45, 7) is 7.90. The molecule has 2 saturated heterocycles. The molecule has 2 fully saturated rings. The number of thioether (sulfide) groups is 1. The van der Waals surface area contributed by atoms with Crippen molar-refractivity contribution in [2.75, 3.05) is 57.6 Å². The monoisotopic (exact) mass is 637 g/mol. The largest absolute Gasteiger partial charge is 0.466 e. The van der Waals surface area contributed by atoms with Gasteiger partial charge in [-0.25, -0.2) is 9.97 Å². The fourth-order valence-corrected chi connectivity index (χ4v) is 6.77. The molecule has 0 atom stereocenters. The van der Waals surface area contributed by atoms with Gasteiger partial charge in [0, 0.05) is 63.2 Å². The lowest BCUT2D eigenvalue weighted by Gasteiger charge is -2.35. The van der Waals surface area contributed by atoms with E-state index in [1.807, 2.05) is 48.2 Å². The van der Waals surface area contributed by atoms with E-state index in [1.165, 1.54) is 17.3 Å². The molecule has 1 aromatic heterocycles. The molecular weight excluding hydrogens is 602 g/mol. The number of nitrogens with zero attached hydrogens (tertiary/aromatic N) is 5. The van der Waals surface area contributed by atoms with Crippen molar-refractivity contribution < 1.29 is 23.8 Å². The van der Waals surface area contributed by atoms with Gasteiger partial charge in [0.05, 0.1) is 12.5 Å². The molecule has 0 bridgehead atoms. The van der Waals surface area contributed by atoms with Crippen LogP contribution in [0.4, 0.5) is 5.82 Å². The second-order valence-corrected chi connectivity index (χ2v) is 12.4. The Bertz CT molecular complexity index is 1490. The van der Waals surface area contributed by atoms with Gasteiger partial charge in [-0.3, -0.25) is 14.5 Å². The minimum absolute atomic E-state index is 0.0156. The first-order chi connectivity index (χ1) is 21.4. The lowest BCUT2D eigenvalue weighted by molar-refractivity contribution is -0.149. The molecular formula is C32H36ClN5O5S. The maximum absolute atomic E-state index is 13.2. The Kier molecular flexibility index (Phi) is 9.73. The zero-order valence-electron chi connectivity index (χ0n) is 24.7. The second-order valence-electron chi connectivity index (χ2n) is 11.1. The number of piperidine rings is 1. The van der Waals surface area contributed by atoms with Crippen molar-refractivity contribution in [3.8, 4) is 11.5 Å². The van der Waals surface area contributed by atoms with Crippen LogP contribution in [-0.2, 0) is 21.8 Å². The van der Waals surface area contributed by atoms with Crippen molar-refractivity contribution in [1.82, 2.24) is 19.8 Å². The smallest absolute Gasteiger partial charge is 0.309 e. The van der Waals surface area contributed by atoms with Crippen molar-refractivity contribution >= 4 is 41.1 Å². The van der Waals surface area contributed by atoms with Crippen LogP contribution in [0.1, 0.15) is 41.3 Å². The van der Waals surface area contributed by atoms with E-state index < -0.39 is 0 Å². The van der Waals surface area contributed by atoms with Crippen LogP contribution in [0, 0.1) is 5.92 Å². The van der Waals surface area contributed by atoms with Crippen LogP contribution < -0.4 is 14.4 Å². The number of hydrogen-bond acceptors (Lipinski definition) is 10. The van der Waals surface area contributed by atoms with Crippen LogP contribution in [0.2, 0.25) is 5.15 Å². The number of hydrogen-bond donors (Lipinski definition) is 0. The molecule has 44 heavy (non-hydrogen) atoms. The SMILES string of the molecule is CCOC(=O)C1CCN(C(=O)c2cccc(CSc3nc(Cl)cc(N4CCN(Cc5ccc6c(c5)OCO6)CC4)n3)c2)CC1. The van der Waals surface area contributed by atoms with E-state index in [2.05, 4.69) is 26.9 Å². The lowest BCUT2D eigenvalue weighted by atomic mass is 9.96. The number of piperazine rings is 1. The van der Waals surface area contributed by atoms with E-state index >= 15 is 0 Å². The average molecular weight is 638 g/mol. The molecule has 0 unspecified atom stereocenters. The number of anilines is 1. The first-order valence-electron chi connectivity index (χ1n) is 15.0. The predicted molar refractivity (Wildman–Crippen MR) is 168 cm³/mol. The van der Waals surface area contributed by atoms with Crippen LogP contribution in [0.15, 0.2) is 53.7 Å². The zero-order valence-corrected chi connectivity index (χ0v) is 26.3. The fraction of sp³-hybridized carbons (Fsp3) is 0.438. The summed E-state index contributed by atoms with van der Waals surface area (Å²) < 4.78 is 16.1. The molecule has 3 aliphatic heterocycles. The van der Waals surface area contributed by atoms with E-state index in [0.717, 1.165) is 55.6 Å². The number of esters is 1. The van der Waals surface area contributed by atoms with Crippen molar-refractivity contribution in [3.63, 3.8) is 0 Å². The number of aromatic nitrogens is 2. The highest BCUT2D eigenvalue weighted by Gasteiger charge is 2.29. The minimum Gasteiger partial charge on any atom is -0.466 e. The van der Waals surface area contributed by atoms with Crippen LogP contribution >= 0.6 is 23.4 Å². The van der Waals surface area contributed by atoms with Crippen LogP contribution in [0.5, 0.6) is 11.5 Å². The summed E-state index contributed by atoms with van der Waals surface area (Å²) in [5.74, 6) is 2.74. The molecule has 0 N–H and O–H groups in total. The molecule has 0 spiro atoms. The zero-order chi connectivity index (χ0) is 30.5. The Hall–Kier alpha value is -3.54. The Balaban J connectivity index is 1.01. The summed E-state index contributed by atoms with van der Waals surface area (Å²) in [6, 6.07) is 15.6. The first kappa shape index (κ1) is 30.5. The molecule has 1 amide bonds. The van der Waals surface area contributed by atoms with Gasteiger partial charge in [-0.15, -0.1) is 0 Å². The highest BCUT2D eigenvalue weighted by atomic mass is 35.5. The number of ether oxygens (including phenoxy) is 3. The Labute approximate surface area is 266 Å². The Morgan fingerprint density at radius 2 is 1.75 bits per heavy atom.